The highest BCUT2D eigenvalue weighted by molar-refractivity contribution is 7.99. The van der Waals surface area contributed by atoms with Crippen LogP contribution in [0.15, 0.2) is 23.1 Å². The second-order valence-electron chi connectivity index (χ2n) is 4.67. The Morgan fingerprint density at radius 2 is 2.28 bits per heavy atom. The molecular weight excluding hydrogens is 244 g/mol. The number of carbonyl (C=O) groups excluding carboxylic acids is 1. The van der Waals surface area contributed by atoms with Crippen LogP contribution < -0.4 is 11.3 Å². The number of hydrogen-bond donors (Lipinski definition) is 2. The van der Waals surface area contributed by atoms with Gasteiger partial charge in [0.15, 0.2) is 0 Å². The van der Waals surface area contributed by atoms with Crippen LogP contribution in [0.3, 0.4) is 0 Å². The van der Waals surface area contributed by atoms with Crippen molar-refractivity contribution in [1.82, 2.24) is 5.43 Å². The van der Waals surface area contributed by atoms with E-state index in [0.29, 0.717) is 6.42 Å². The van der Waals surface area contributed by atoms with E-state index in [9.17, 15) is 4.79 Å². The predicted octanol–water partition coefficient (Wildman–Crippen LogP) is 2.43. The van der Waals surface area contributed by atoms with E-state index < -0.39 is 0 Å². The van der Waals surface area contributed by atoms with Gasteiger partial charge in [0.2, 0.25) is 5.91 Å². The first-order valence-corrected chi connectivity index (χ1v) is 7.52. The van der Waals surface area contributed by atoms with Crippen molar-refractivity contribution in [1.29, 1.82) is 0 Å². The number of unbranched alkanes of at least 4 members (excludes halogenated alkanes) is 1. The van der Waals surface area contributed by atoms with Gasteiger partial charge in [-0.3, -0.25) is 10.2 Å². The number of hydrogen-bond acceptors (Lipinski definition) is 3. The van der Waals surface area contributed by atoms with E-state index in [0.717, 1.165) is 19.3 Å². The zero-order chi connectivity index (χ0) is 12.8. The maximum Gasteiger partial charge on any atom is 0.233 e. The summed E-state index contributed by atoms with van der Waals surface area (Å²) < 4.78 is 0. The topological polar surface area (TPSA) is 55.1 Å². The molecule has 0 unspecified atom stereocenters. The molecule has 18 heavy (non-hydrogen) atoms. The first-order chi connectivity index (χ1) is 8.79. The Bertz CT molecular complexity index is 420. The smallest absolute Gasteiger partial charge is 0.233 e. The summed E-state index contributed by atoms with van der Waals surface area (Å²) in [4.78, 5) is 12.4. The van der Waals surface area contributed by atoms with Gasteiger partial charge in [0.1, 0.15) is 0 Å². The van der Waals surface area contributed by atoms with Gasteiger partial charge in [-0.2, -0.15) is 0 Å². The standard InChI is InChI=1S/C14H20N2OS/c15-16-14(17)6-2-1-4-11-7-8-13-12(10-11)5-3-9-18-13/h7-8,10H,1-6,9,15H2,(H,16,17). The zero-order valence-corrected chi connectivity index (χ0v) is 11.4. The molecular formula is C14H20N2OS. The summed E-state index contributed by atoms with van der Waals surface area (Å²) in [6.45, 7) is 0. The van der Waals surface area contributed by atoms with Crippen molar-refractivity contribution in [2.75, 3.05) is 5.75 Å². The van der Waals surface area contributed by atoms with Gasteiger partial charge in [-0.05, 0) is 55.1 Å². The molecule has 3 N–H and O–H groups in total. The highest BCUT2D eigenvalue weighted by Gasteiger charge is 2.09. The number of amides is 1. The van der Waals surface area contributed by atoms with Gasteiger partial charge in [-0.1, -0.05) is 12.1 Å². The second-order valence-corrected chi connectivity index (χ2v) is 5.81. The molecule has 0 radical (unpaired) electrons. The number of nitrogens with one attached hydrogen (secondary N) is 1. The average molecular weight is 264 g/mol. The maximum atomic E-state index is 11.0. The Hall–Kier alpha value is -1.00. The summed E-state index contributed by atoms with van der Waals surface area (Å²) in [5.41, 5.74) is 5.06. The Morgan fingerprint density at radius 1 is 1.39 bits per heavy atom. The van der Waals surface area contributed by atoms with Gasteiger partial charge < -0.3 is 0 Å². The molecule has 0 spiro atoms. The number of nitrogens with two attached hydrogens (primary N) is 1. The predicted molar refractivity (Wildman–Crippen MR) is 75.4 cm³/mol. The minimum atomic E-state index is -0.0724. The molecule has 98 valence electrons. The highest BCUT2D eigenvalue weighted by atomic mass is 32.2. The molecule has 1 aliphatic heterocycles. The molecule has 0 fully saturated rings. The van der Waals surface area contributed by atoms with Gasteiger partial charge >= 0.3 is 0 Å². The Morgan fingerprint density at radius 3 is 3.11 bits per heavy atom. The average Bonchev–Trinajstić information content (AvgIpc) is 2.43. The molecule has 0 bridgehead atoms. The van der Waals surface area contributed by atoms with Crippen LogP contribution in [0.2, 0.25) is 0 Å². The van der Waals surface area contributed by atoms with E-state index in [1.54, 1.807) is 0 Å². The van der Waals surface area contributed by atoms with Crippen LogP contribution in [-0.4, -0.2) is 11.7 Å². The molecule has 0 saturated carbocycles. The lowest BCUT2D eigenvalue weighted by molar-refractivity contribution is -0.121. The summed E-state index contributed by atoms with van der Waals surface area (Å²) in [5, 5.41) is 0. The molecule has 2 rings (SSSR count). The fourth-order valence-electron chi connectivity index (χ4n) is 2.26. The molecule has 0 aromatic heterocycles. The van der Waals surface area contributed by atoms with Crippen molar-refractivity contribution in [3.8, 4) is 0 Å². The zero-order valence-electron chi connectivity index (χ0n) is 10.6. The van der Waals surface area contributed by atoms with Gasteiger partial charge in [-0.25, -0.2) is 5.84 Å². The Labute approximate surface area is 112 Å². The third-order valence-electron chi connectivity index (χ3n) is 3.25. The third kappa shape index (κ3) is 3.75. The van der Waals surface area contributed by atoms with Gasteiger partial charge in [-0.15, -0.1) is 11.8 Å². The molecule has 1 heterocycles. The highest BCUT2D eigenvalue weighted by Crippen LogP contribution is 2.30. The fraction of sp³-hybridized carbons (Fsp3) is 0.500. The van der Waals surface area contributed by atoms with Crippen molar-refractivity contribution in [2.24, 2.45) is 5.84 Å². The first kappa shape index (κ1) is 13.4. The fourth-order valence-corrected chi connectivity index (χ4v) is 3.28. The minimum Gasteiger partial charge on any atom is -0.294 e. The largest absolute Gasteiger partial charge is 0.294 e. The lowest BCUT2D eigenvalue weighted by Gasteiger charge is -2.16. The molecule has 1 aliphatic rings. The van der Waals surface area contributed by atoms with Crippen LogP contribution in [0, 0.1) is 0 Å². The normalized spacial score (nSPS) is 14.1. The van der Waals surface area contributed by atoms with Gasteiger partial charge in [0, 0.05) is 11.3 Å². The molecule has 0 saturated heterocycles. The summed E-state index contributed by atoms with van der Waals surface area (Å²) in [6.07, 6.45) is 6.02. The van der Waals surface area contributed by atoms with E-state index in [4.69, 9.17) is 5.84 Å². The number of hydrazine groups is 1. The number of aryl methyl sites for hydroxylation is 2. The minimum absolute atomic E-state index is 0.0724. The van der Waals surface area contributed by atoms with Crippen LogP contribution in [0.4, 0.5) is 0 Å². The molecule has 1 amide bonds. The monoisotopic (exact) mass is 264 g/mol. The van der Waals surface area contributed by atoms with Crippen molar-refractivity contribution in [2.45, 2.75) is 43.4 Å². The van der Waals surface area contributed by atoms with Crippen LogP contribution >= 0.6 is 11.8 Å². The summed E-state index contributed by atoms with van der Waals surface area (Å²) in [5.74, 6) is 6.22. The summed E-state index contributed by atoms with van der Waals surface area (Å²) >= 11 is 1.97. The first-order valence-electron chi connectivity index (χ1n) is 6.53. The van der Waals surface area contributed by atoms with Gasteiger partial charge in [0.25, 0.3) is 0 Å². The Kier molecular flexibility index (Phi) is 5.08. The van der Waals surface area contributed by atoms with Crippen molar-refractivity contribution < 1.29 is 4.79 Å². The SMILES string of the molecule is NNC(=O)CCCCc1ccc2c(c1)CCCS2. The molecule has 3 nitrogen and oxygen atoms in total. The van der Waals surface area contributed by atoms with E-state index in [-0.39, 0.29) is 5.91 Å². The summed E-state index contributed by atoms with van der Waals surface area (Å²) in [7, 11) is 0. The van der Waals surface area contributed by atoms with Crippen LogP contribution in [0.1, 0.15) is 36.8 Å². The van der Waals surface area contributed by atoms with Crippen molar-refractivity contribution in [3.05, 3.63) is 29.3 Å². The molecule has 1 aromatic rings. The van der Waals surface area contributed by atoms with Gasteiger partial charge in [0.05, 0.1) is 0 Å². The van der Waals surface area contributed by atoms with Crippen LogP contribution in [0.25, 0.3) is 0 Å². The van der Waals surface area contributed by atoms with Crippen LogP contribution in [-0.2, 0) is 17.6 Å². The number of thioether (sulfide) groups is 1. The molecule has 1 aromatic carbocycles. The van der Waals surface area contributed by atoms with E-state index in [2.05, 4.69) is 23.6 Å². The quantitative estimate of drug-likeness (QED) is 0.372. The number of benzene rings is 1. The van der Waals surface area contributed by atoms with Crippen LogP contribution in [0.5, 0.6) is 0 Å². The number of fused-ring (bicyclic) bond motifs is 1. The second kappa shape index (κ2) is 6.81. The third-order valence-corrected chi connectivity index (χ3v) is 4.46. The lowest BCUT2D eigenvalue weighted by Crippen LogP contribution is -2.29. The number of rotatable bonds is 5. The maximum absolute atomic E-state index is 11.0. The molecule has 0 aliphatic carbocycles. The molecule has 0 atom stereocenters. The summed E-state index contributed by atoms with van der Waals surface area (Å²) in [6, 6.07) is 6.81. The Balaban J connectivity index is 1.81. The van der Waals surface area contributed by atoms with E-state index >= 15 is 0 Å². The number of carbonyl (C=O) groups is 1. The van der Waals surface area contributed by atoms with E-state index in [1.165, 1.54) is 34.6 Å². The van der Waals surface area contributed by atoms with E-state index in [1.807, 2.05) is 11.8 Å². The van der Waals surface area contributed by atoms with Crippen molar-refractivity contribution in [3.63, 3.8) is 0 Å². The lowest BCUT2D eigenvalue weighted by atomic mass is 10.0. The molecule has 4 heteroatoms. The van der Waals surface area contributed by atoms with Crippen molar-refractivity contribution >= 4 is 17.7 Å².